The maximum atomic E-state index is 11.6. The summed E-state index contributed by atoms with van der Waals surface area (Å²) >= 11 is 6.84. The molecule has 0 saturated carbocycles. The highest BCUT2D eigenvalue weighted by Crippen LogP contribution is 2.16. The first-order valence-corrected chi connectivity index (χ1v) is 7.48. The Hall–Kier alpha value is -0.330. The van der Waals surface area contributed by atoms with Gasteiger partial charge in [0.15, 0.2) is 5.13 Å². The van der Waals surface area contributed by atoms with E-state index in [0.717, 1.165) is 5.69 Å². The average Bonchev–Trinajstić information content (AvgIpc) is 2.49. The van der Waals surface area contributed by atoms with Crippen molar-refractivity contribution in [2.45, 2.75) is 13.8 Å². The standard InChI is InChI=1S/C8H13ClN2O2S2/c1-6(3-9)5-15(12,13)11-8-10-7(2)4-14-8/h4,6H,3,5H2,1-2H3,(H,10,11). The number of aryl methyl sites for hydroxylation is 1. The maximum Gasteiger partial charge on any atom is 0.234 e. The van der Waals surface area contributed by atoms with Crippen molar-refractivity contribution in [2.75, 3.05) is 16.4 Å². The van der Waals surface area contributed by atoms with Crippen molar-refractivity contribution < 1.29 is 8.42 Å². The molecule has 1 aromatic rings. The Morgan fingerprint density at radius 1 is 1.67 bits per heavy atom. The van der Waals surface area contributed by atoms with Crippen LogP contribution in [0.2, 0.25) is 0 Å². The molecule has 0 aromatic carbocycles. The van der Waals surface area contributed by atoms with Crippen LogP contribution in [0.15, 0.2) is 5.38 Å². The summed E-state index contributed by atoms with van der Waals surface area (Å²) in [6, 6.07) is 0. The first-order chi connectivity index (χ1) is 6.93. The number of hydrogen-bond donors (Lipinski definition) is 1. The van der Waals surface area contributed by atoms with Crippen molar-refractivity contribution in [1.82, 2.24) is 4.98 Å². The van der Waals surface area contributed by atoms with Gasteiger partial charge in [0.05, 0.1) is 11.4 Å². The van der Waals surface area contributed by atoms with Crippen LogP contribution in [0.3, 0.4) is 0 Å². The Morgan fingerprint density at radius 2 is 2.33 bits per heavy atom. The number of nitrogens with one attached hydrogen (secondary N) is 1. The zero-order chi connectivity index (χ0) is 11.5. The minimum Gasteiger partial charge on any atom is -0.259 e. The van der Waals surface area contributed by atoms with Crippen LogP contribution in [0, 0.1) is 12.8 Å². The van der Waals surface area contributed by atoms with Gasteiger partial charge in [-0.3, -0.25) is 4.72 Å². The predicted octanol–water partition coefficient (Wildman–Crippen LogP) is 2.07. The van der Waals surface area contributed by atoms with Gasteiger partial charge in [0, 0.05) is 11.3 Å². The van der Waals surface area contributed by atoms with Gasteiger partial charge in [-0.25, -0.2) is 13.4 Å². The lowest BCUT2D eigenvalue weighted by Crippen LogP contribution is -2.22. The maximum absolute atomic E-state index is 11.6. The van der Waals surface area contributed by atoms with Crippen molar-refractivity contribution in [3.8, 4) is 0 Å². The summed E-state index contributed by atoms with van der Waals surface area (Å²) in [4.78, 5) is 4.02. The molecule has 1 atom stereocenters. The normalized spacial score (nSPS) is 13.8. The van der Waals surface area contributed by atoms with E-state index in [9.17, 15) is 8.42 Å². The zero-order valence-electron chi connectivity index (χ0n) is 8.53. The van der Waals surface area contributed by atoms with E-state index in [4.69, 9.17) is 11.6 Å². The van der Waals surface area contributed by atoms with E-state index in [1.165, 1.54) is 11.3 Å². The fraction of sp³-hybridized carbons (Fsp3) is 0.625. The van der Waals surface area contributed by atoms with E-state index in [1.54, 1.807) is 12.3 Å². The molecule has 1 N–H and O–H groups in total. The zero-order valence-corrected chi connectivity index (χ0v) is 10.9. The van der Waals surface area contributed by atoms with Crippen molar-refractivity contribution in [2.24, 2.45) is 5.92 Å². The number of nitrogens with zero attached hydrogens (tertiary/aromatic N) is 1. The Bertz CT molecular complexity index is 416. The Balaban J connectivity index is 2.64. The van der Waals surface area contributed by atoms with Gasteiger partial charge in [-0.1, -0.05) is 6.92 Å². The average molecular weight is 269 g/mol. The molecule has 7 heteroatoms. The van der Waals surface area contributed by atoms with Crippen molar-refractivity contribution in [1.29, 1.82) is 0 Å². The lowest BCUT2D eigenvalue weighted by Gasteiger charge is -2.08. The SMILES string of the molecule is Cc1csc(NS(=O)(=O)CC(C)CCl)n1. The molecule has 0 radical (unpaired) electrons. The fourth-order valence-electron chi connectivity index (χ4n) is 0.995. The van der Waals surface area contributed by atoms with Gasteiger partial charge in [0.25, 0.3) is 0 Å². The number of alkyl halides is 1. The minimum atomic E-state index is -3.32. The molecular weight excluding hydrogens is 256 g/mol. The highest BCUT2D eigenvalue weighted by molar-refractivity contribution is 7.92. The van der Waals surface area contributed by atoms with Crippen LogP contribution in [0.25, 0.3) is 0 Å². The number of hydrogen-bond acceptors (Lipinski definition) is 4. The number of aromatic nitrogens is 1. The van der Waals surface area contributed by atoms with Gasteiger partial charge < -0.3 is 0 Å². The molecule has 0 bridgehead atoms. The molecular formula is C8H13ClN2O2S2. The first-order valence-electron chi connectivity index (χ1n) is 4.41. The van der Waals surface area contributed by atoms with E-state index in [1.807, 2.05) is 6.92 Å². The topological polar surface area (TPSA) is 59.1 Å². The quantitative estimate of drug-likeness (QED) is 0.832. The summed E-state index contributed by atoms with van der Waals surface area (Å²) in [5, 5.41) is 2.21. The van der Waals surface area contributed by atoms with Gasteiger partial charge in [0.2, 0.25) is 10.0 Å². The molecule has 0 fully saturated rings. The first kappa shape index (κ1) is 12.7. The number of rotatable bonds is 5. The van der Waals surface area contributed by atoms with Crippen LogP contribution in [-0.4, -0.2) is 25.0 Å². The second kappa shape index (κ2) is 5.14. The van der Waals surface area contributed by atoms with Crippen LogP contribution in [0.4, 0.5) is 5.13 Å². The van der Waals surface area contributed by atoms with Gasteiger partial charge in [-0.15, -0.1) is 22.9 Å². The van der Waals surface area contributed by atoms with Crippen molar-refractivity contribution in [3.05, 3.63) is 11.1 Å². The summed E-state index contributed by atoms with van der Waals surface area (Å²) < 4.78 is 25.6. The lowest BCUT2D eigenvalue weighted by molar-refractivity contribution is 0.588. The second-order valence-electron chi connectivity index (χ2n) is 3.44. The van der Waals surface area contributed by atoms with E-state index >= 15 is 0 Å². The summed E-state index contributed by atoms with van der Waals surface area (Å²) in [5.41, 5.74) is 0.808. The molecule has 15 heavy (non-hydrogen) atoms. The van der Waals surface area contributed by atoms with Crippen LogP contribution in [0.5, 0.6) is 0 Å². The van der Waals surface area contributed by atoms with Gasteiger partial charge in [-0.05, 0) is 12.8 Å². The number of anilines is 1. The molecule has 1 unspecified atom stereocenters. The number of thiazole rings is 1. The number of halogens is 1. The summed E-state index contributed by atoms with van der Waals surface area (Å²) in [7, 11) is -3.32. The summed E-state index contributed by atoms with van der Waals surface area (Å²) in [6.07, 6.45) is 0. The van der Waals surface area contributed by atoms with Crippen LogP contribution in [0.1, 0.15) is 12.6 Å². The van der Waals surface area contributed by atoms with E-state index < -0.39 is 10.0 Å². The van der Waals surface area contributed by atoms with Gasteiger partial charge in [0.1, 0.15) is 0 Å². The third-order valence-electron chi connectivity index (χ3n) is 1.63. The molecule has 1 heterocycles. The molecule has 0 saturated heterocycles. The summed E-state index contributed by atoms with van der Waals surface area (Å²) in [5.74, 6) is 0.289. The Labute approximate surface area is 98.7 Å². The molecule has 0 aliphatic heterocycles. The lowest BCUT2D eigenvalue weighted by atomic mass is 10.3. The molecule has 1 rings (SSSR count). The third-order valence-corrected chi connectivity index (χ3v) is 4.67. The van der Waals surface area contributed by atoms with E-state index in [2.05, 4.69) is 9.71 Å². The van der Waals surface area contributed by atoms with Gasteiger partial charge >= 0.3 is 0 Å². The van der Waals surface area contributed by atoms with Crippen molar-refractivity contribution in [3.63, 3.8) is 0 Å². The van der Waals surface area contributed by atoms with Crippen LogP contribution < -0.4 is 4.72 Å². The van der Waals surface area contributed by atoms with E-state index in [-0.39, 0.29) is 11.7 Å². The number of sulfonamides is 1. The van der Waals surface area contributed by atoms with Crippen molar-refractivity contribution >= 4 is 38.1 Å². The molecule has 0 aliphatic carbocycles. The molecule has 0 spiro atoms. The second-order valence-corrected chi connectivity index (χ2v) is 6.37. The molecule has 86 valence electrons. The molecule has 4 nitrogen and oxygen atoms in total. The smallest absolute Gasteiger partial charge is 0.234 e. The largest absolute Gasteiger partial charge is 0.259 e. The summed E-state index contributed by atoms with van der Waals surface area (Å²) in [6.45, 7) is 3.61. The fourth-order valence-corrected chi connectivity index (χ4v) is 3.60. The highest BCUT2D eigenvalue weighted by Gasteiger charge is 2.16. The molecule has 0 amide bonds. The minimum absolute atomic E-state index is 0.0229. The Morgan fingerprint density at radius 3 is 2.80 bits per heavy atom. The Kier molecular flexibility index (Phi) is 4.36. The van der Waals surface area contributed by atoms with Crippen LogP contribution >= 0.6 is 22.9 Å². The predicted molar refractivity (Wildman–Crippen MR) is 64.1 cm³/mol. The van der Waals surface area contributed by atoms with E-state index in [0.29, 0.717) is 11.0 Å². The third kappa shape index (κ3) is 4.36. The monoisotopic (exact) mass is 268 g/mol. The molecule has 0 aliphatic rings. The highest BCUT2D eigenvalue weighted by atomic mass is 35.5. The van der Waals surface area contributed by atoms with Gasteiger partial charge in [-0.2, -0.15) is 0 Å². The molecule has 1 aromatic heterocycles. The van der Waals surface area contributed by atoms with Crippen LogP contribution in [-0.2, 0) is 10.0 Å².